The highest BCUT2D eigenvalue weighted by molar-refractivity contribution is 5.88. The number of hydrogen-bond acceptors (Lipinski definition) is 4. The Morgan fingerprint density at radius 2 is 1.95 bits per heavy atom. The zero-order chi connectivity index (χ0) is 14.1. The molecule has 2 heterocycles. The van der Waals surface area contributed by atoms with Crippen LogP contribution in [0.25, 0.3) is 16.9 Å². The topological polar surface area (TPSA) is 69.6 Å². The highest BCUT2D eigenvalue weighted by atomic mass is 16.5. The predicted molar refractivity (Wildman–Crippen MR) is 76.4 cm³/mol. The molecule has 0 atom stereocenters. The third kappa shape index (κ3) is 1.99. The van der Waals surface area contributed by atoms with Gasteiger partial charge in [-0.3, -0.25) is 4.40 Å². The molecule has 0 spiro atoms. The maximum absolute atomic E-state index is 11.7. The number of ether oxygens (including phenoxy) is 1. The number of anilines is 1. The number of esters is 1. The molecule has 0 fully saturated rings. The van der Waals surface area contributed by atoms with Crippen LogP contribution in [0.1, 0.15) is 10.5 Å². The Bertz CT molecular complexity index is 775. The number of methoxy groups -OCH3 is 1. The third-order valence-electron chi connectivity index (χ3n) is 3.09. The summed E-state index contributed by atoms with van der Waals surface area (Å²) in [5.41, 5.74) is 9.24. The van der Waals surface area contributed by atoms with E-state index in [1.54, 1.807) is 16.5 Å². The Kier molecular flexibility index (Phi) is 2.87. The van der Waals surface area contributed by atoms with E-state index in [1.165, 1.54) is 7.11 Å². The molecule has 1 aromatic carbocycles. The zero-order valence-electron chi connectivity index (χ0n) is 10.9. The number of rotatable bonds is 2. The van der Waals surface area contributed by atoms with Gasteiger partial charge in [0.1, 0.15) is 11.3 Å². The number of imidazole rings is 1. The lowest BCUT2D eigenvalue weighted by atomic mass is 10.1. The van der Waals surface area contributed by atoms with Crippen molar-refractivity contribution >= 4 is 17.3 Å². The first kappa shape index (κ1) is 12.2. The molecule has 2 aromatic heterocycles. The van der Waals surface area contributed by atoms with Crippen molar-refractivity contribution in [1.29, 1.82) is 0 Å². The molecular formula is C15H13N3O2. The van der Waals surface area contributed by atoms with E-state index < -0.39 is 5.97 Å². The van der Waals surface area contributed by atoms with Gasteiger partial charge in [-0.2, -0.15) is 0 Å². The van der Waals surface area contributed by atoms with Gasteiger partial charge < -0.3 is 10.5 Å². The Balaban J connectivity index is 2.15. The highest BCUT2D eigenvalue weighted by Gasteiger charge is 2.12. The summed E-state index contributed by atoms with van der Waals surface area (Å²) >= 11 is 0. The number of carbonyl (C=O) groups excluding carboxylic acids is 1. The van der Waals surface area contributed by atoms with Gasteiger partial charge in [0.2, 0.25) is 0 Å². The minimum Gasteiger partial charge on any atom is -0.464 e. The fourth-order valence-electron chi connectivity index (χ4n) is 2.07. The Morgan fingerprint density at radius 3 is 2.65 bits per heavy atom. The summed E-state index contributed by atoms with van der Waals surface area (Å²) in [4.78, 5) is 16.2. The number of carbonyl (C=O) groups is 1. The second kappa shape index (κ2) is 4.70. The Morgan fingerprint density at radius 1 is 1.20 bits per heavy atom. The normalized spacial score (nSPS) is 10.7. The molecule has 0 unspecified atom stereocenters. The van der Waals surface area contributed by atoms with Gasteiger partial charge in [-0.25, -0.2) is 9.78 Å². The lowest BCUT2D eigenvalue weighted by Crippen LogP contribution is -2.06. The van der Waals surface area contributed by atoms with E-state index in [-0.39, 0.29) is 0 Å². The number of aromatic nitrogens is 2. The first-order chi connectivity index (χ1) is 9.69. The summed E-state index contributed by atoms with van der Waals surface area (Å²) in [7, 11) is 1.36. The van der Waals surface area contributed by atoms with Gasteiger partial charge in [0.25, 0.3) is 0 Å². The van der Waals surface area contributed by atoms with Crippen molar-refractivity contribution in [3.8, 4) is 11.3 Å². The summed E-state index contributed by atoms with van der Waals surface area (Å²) in [5, 5.41) is 0. The average molecular weight is 267 g/mol. The van der Waals surface area contributed by atoms with Crippen molar-refractivity contribution in [2.75, 3.05) is 12.8 Å². The van der Waals surface area contributed by atoms with Crippen molar-refractivity contribution in [1.82, 2.24) is 9.38 Å². The maximum atomic E-state index is 11.7. The summed E-state index contributed by atoms with van der Waals surface area (Å²) in [6, 6.07) is 12.8. The van der Waals surface area contributed by atoms with Crippen LogP contribution in [0, 0.1) is 0 Å². The van der Waals surface area contributed by atoms with Gasteiger partial charge >= 0.3 is 5.97 Å². The summed E-state index contributed by atoms with van der Waals surface area (Å²) in [6.07, 6.45) is 1.81. The first-order valence-electron chi connectivity index (χ1n) is 6.11. The number of nitrogens with zero attached hydrogens (tertiary/aromatic N) is 2. The molecule has 100 valence electrons. The number of nitrogens with two attached hydrogens (primary N) is 1. The molecule has 3 aromatic rings. The highest BCUT2D eigenvalue weighted by Crippen LogP contribution is 2.21. The van der Waals surface area contributed by atoms with Crippen LogP contribution in [0.15, 0.2) is 48.7 Å². The molecule has 3 rings (SSSR count). The van der Waals surface area contributed by atoms with Crippen molar-refractivity contribution < 1.29 is 9.53 Å². The predicted octanol–water partition coefficient (Wildman–Crippen LogP) is 2.37. The second-order valence-corrected chi connectivity index (χ2v) is 4.38. The molecule has 0 radical (unpaired) electrons. The van der Waals surface area contributed by atoms with Crippen LogP contribution < -0.4 is 5.73 Å². The van der Waals surface area contributed by atoms with Crippen LogP contribution in [-0.4, -0.2) is 22.5 Å². The molecule has 0 bridgehead atoms. The van der Waals surface area contributed by atoms with E-state index in [0.717, 1.165) is 11.3 Å². The Hall–Kier alpha value is -2.82. The van der Waals surface area contributed by atoms with Crippen molar-refractivity contribution in [2.45, 2.75) is 0 Å². The lowest BCUT2D eigenvalue weighted by Gasteiger charge is -2.01. The average Bonchev–Trinajstić information content (AvgIpc) is 2.91. The smallest absolute Gasteiger partial charge is 0.355 e. The van der Waals surface area contributed by atoms with E-state index in [1.807, 2.05) is 36.5 Å². The molecule has 0 aliphatic heterocycles. The Labute approximate surface area is 115 Å². The fraction of sp³-hybridized carbons (Fsp3) is 0.0667. The fourth-order valence-corrected chi connectivity index (χ4v) is 2.07. The lowest BCUT2D eigenvalue weighted by molar-refractivity contribution is 0.0592. The van der Waals surface area contributed by atoms with Crippen LogP contribution in [0.2, 0.25) is 0 Å². The number of nitrogen functional groups attached to an aromatic ring is 1. The molecule has 5 nitrogen and oxygen atoms in total. The SMILES string of the molecule is COC(=O)c1cccc2nc(-c3ccc(N)cc3)cn12. The number of fused-ring (bicyclic) bond motifs is 1. The molecule has 2 N–H and O–H groups in total. The number of hydrogen-bond donors (Lipinski definition) is 1. The third-order valence-corrected chi connectivity index (χ3v) is 3.09. The van der Waals surface area contributed by atoms with Crippen LogP contribution in [0.3, 0.4) is 0 Å². The molecular weight excluding hydrogens is 254 g/mol. The molecule has 20 heavy (non-hydrogen) atoms. The van der Waals surface area contributed by atoms with E-state index in [4.69, 9.17) is 10.5 Å². The van der Waals surface area contributed by atoms with Gasteiger partial charge in [0.15, 0.2) is 0 Å². The summed E-state index contributed by atoms with van der Waals surface area (Å²) in [5.74, 6) is -0.392. The minimum atomic E-state index is -0.392. The standard InChI is InChI=1S/C15H13N3O2/c1-20-15(19)13-3-2-4-14-17-12(9-18(13)14)10-5-7-11(16)8-6-10/h2-9H,16H2,1H3. The summed E-state index contributed by atoms with van der Waals surface area (Å²) < 4.78 is 6.49. The molecule has 5 heteroatoms. The van der Waals surface area contributed by atoms with Gasteiger partial charge in [-0.15, -0.1) is 0 Å². The monoisotopic (exact) mass is 267 g/mol. The molecule has 0 saturated heterocycles. The first-order valence-corrected chi connectivity index (χ1v) is 6.11. The van der Waals surface area contributed by atoms with Gasteiger partial charge in [-0.05, 0) is 24.3 Å². The zero-order valence-corrected chi connectivity index (χ0v) is 10.9. The van der Waals surface area contributed by atoms with Crippen LogP contribution in [0.4, 0.5) is 5.69 Å². The summed E-state index contributed by atoms with van der Waals surface area (Å²) in [6.45, 7) is 0. The van der Waals surface area contributed by atoms with E-state index >= 15 is 0 Å². The minimum absolute atomic E-state index is 0.392. The quantitative estimate of drug-likeness (QED) is 0.571. The number of pyridine rings is 1. The number of benzene rings is 1. The van der Waals surface area contributed by atoms with Gasteiger partial charge in [-0.1, -0.05) is 18.2 Å². The van der Waals surface area contributed by atoms with Crippen LogP contribution in [-0.2, 0) is 4.74 Å². The molecule has 0 saturated carbocycles. The van der Waals surface area contributed by atoms with Gasteiger partial charge in [0, 0.05) is 17.4 Å². The van der Waals surface area contributed by atoms with Gasteiger partial charge in [0.05, 0.1) is 12.8 Å². The van der Waals surface area contributed by atoms with Crippen LogP contribution >= 0.6 is 0 Å². The second-order valence-electron chi connectivity index (χ2n) is 4.38. The van der Waals surface area contributed by atoms with Crippen molar-refractivity contribution in [3.63, 3.8) is 0 Å². The molecule has 0 amide bonds. The van der Waals surface area contributed by atoms with Crippen molar-refractivity contribution in [3.05, 3.63) is 54.4 Å². The van der Waals surface area contributed by atoms with E-state index in [2.05, 4.69) is 4.98 Å². The van der Waals surface area contributed by atoms with E-state index in [0.29, 0.717) is 17.0 Å². The molecule has 0 aliphatic rings. The van der Waals surface area contributed by atoms with Crippen molar-refractivity contribution in [2.24, 2.45) is 0 Å². The maximum Gasteiger partial charge on any atom is 0.355 e. The largest absolute Gasteiger partial charge is 0.464 e. The molecule has 0 aliphatic carbocycles. The van der Waals surface area contributed by atoms with Crippen LogP contribution in [0.5, 0.6) is 0 Å². The van der Waals surface area contributed by atoms with E-state index in [9.17, 15) is 4.79 Å².